The molecule has 0 bridgehead atoms. The van der Waals surface area contributed by atoms with Crippen molar-refractivity contribution in [3.63, 3.8) is 0 Å². The second kappa shape index (κ2) is 9.54. The maximum atomic E-state index is 13.0. The number of hydrogen-bond donors (Lipinski definition) is 6. The van der Waals surface area contributed by atoms with E-state index in [9.17, 15) is 40.2 Å². The molecule has 4 aliphatic carbocycles. The van der Waals surface area contributed by atoms with Crippen molar-refractivity contribution in [1.82, 2.24) is 0 Å². The lowest BCUT2D eigenvalue weighted by Gasteiger charge is -2.66. The average Bonchev–Trinajstić information content (AvgIpc) is 3.45. The molecule has 11 unspecified atom stereocenters. The zero-order valence-electron chi connectivity index (χ0n) is 23.0. The van der Waals surface area contributed by atoms with Crippen LogP contribution in [0.4, 0.5) is 0 Å². The van der Waals surface area contributed by atoms with E-state index in [2.05, 4.69) is 0 Å². The number of hydrogen-bond acceptors (Lipinski definition) is 11. The van der Waals surface area contributed by atoms with E-state index in [1.54, 1.807) is 6.92 Å². The highest BCUT2D eigenvalue weighted by molar-refractivity contribution is 5.85. The monoisotopic (exact) mass is 566 g/mol. The van der Waals surface area contributed by atoms with Crippen molar-refractivity contribution >= 4 is 12.3 Å². The highest BCUT2D eigenvalue weighted by Crippen LogP contribution is 2.70. The number of aliphatic hydroxyl groups is 6. The van der Waals surface area contributed by atoms with Gasteiger partial charge in [0.15, 0.2) is 6.29 Å². The van der Waals surface area contributed by atoms with Gasteiger partial charge < -0.3 is 49.6 Å². The van der Waals surface area contributed by atoms with E-state index in [-0.39, 0.29) is 38.2 Å². The zero-order valence-corrected chi connectivity index (χ0v) is 23.0. The largest absolute Gasteiger partial charge is 0.458 e. The molecule has 6 N–H and O–H groups in total. The molecule has 0 aromatic carbocycles. The van der Waals surface area contributed by atoms with Crippen LogP contribution in [0.15, 0.2) is 11.6 Å². The zero-order chi connectivity index (χ0) is 28.8. The Labute approximate surface area is 233 Å². The van der Waals surface area contributed by atoms with Crippen LogP contribution in [-0.4, -0.2) is 104 Å². The first-order chi connectivity index (χ1) is 18.8. The van der Waals surface area contributed by atoms with E-state index in [0.717, 1.165) is 11.9 Å². The Kier molecular flexibility index (Phi) is 6.83. The molecule has 0 amide bonds. The lowest BCUT2D eigenvalue weighted by atomic mass is 9.41. The summed E-state index contributed by atoms with van der Waals surface area (Å²) in [5, 5.41) is 66.7. The Balaban J connectivity index is 1.25. The third-order valence-corrected chi connectivity index (χ3v) is 11.9. The summed E-state index contributed by atoms with van der Waals surface area (Å²) in [6, 6.07) is 0. The van der Waals surface area contributed by atoms with Crippen LogP contribution in [0.2, 0.25) is 0 Å². The number of esters is 1. The minimum Gasteiger partial charge on any atom is -0.458 e. The van der Waals surface area contributed by atoms with Gasteiger partial charge in [0.2, 0.25) is 0 Å². The first kappa shape index (κ1) is 28.7. The van der Waals surface area contributed by atoms with Gasteiger partial charge in [-0.05, 0) is 69.3 Å². The molecule has 5 fully saturated rings. The van der Waals surface area contributed by atoms with Gasteiger partial charge in [0.25, 0.3) is 0 Å². The molecule has 11 nitrogen and oxygen atoms in total. The summed E-state index contributed by atoms with van der Waals surface area (Å²) in [5.41, 5.74) is -3.89. The fourth-order valence-corrected chi connectivity index (χ4v) is 9.82. The predicted octanol–water partition coefficient (Wildman–Crippen LogP) is -0.279. The van der Waals surface area contributed by atoms with Crippen molar-refractivity contribution < 1.29 is 54.4 Å². The van der Waals surface area contributed by atoms with Gasteiger partial charge in [-0.25, -0.2) is 4.79 Å². The summed E-state index contributed by atoms with van der Waals surface area (Å²) in [6.07, 6.45) is -2.87. The number of aldehydes is 1. The van der Waals surface area contributed by atoms with Crippen LogP contribution in [0.5, 0.6) is 0 Å². The Bertz CT molecular complexity index is 1080. The quantitative estimate of drug-likeness (QED) is 0.149. The summed E-state index contributed by atoms with van der Waals surface area (Å²) in [7, 11) is 0. The van der Waals surface area contributed by atoms with E-state index in [1.165, 1.54) is 6.08 Å². The Morgan fingerprint density at radius 2 is 1.75 bits per heavy atom. The van der Waals surface area contributed by atoms with Crippen LogP contribution in [0, 0.1) is 28.6 Å². The second-order valence-electron chi connectivity index (χ2n) is 13.6. The third-order valence-electron chi connectivity index (χ3n) is 11.9. The number of fused-ring (bicyclic) bond motifs is 5. The molecule has 2 aliphatic heterocycles. The molecule has 2 heterocycles. The normalized spacial score (nSPS) is 56.0. The van der Waals surface area contributed by atoms with Crippen molar-refractivity contribution in [3.8, 4) is 0 Å². The highest BCUT2D eigenvalue weighted by Gasteiger charge is 2.73. The molecular weight excluding hydrogens is 524 g/mol. The van der Waals surface area contributed by atoms with Crippen molar-refractivity contribution in [3.05, 3.63) is 11.6 Å². The Morgan fingerprint density at radius 1 is 1.00 bits per heavy atom. The molecule has 14 atom stereocenters. The lowest BCUT2D eigenvalue weighted by molar-refractivity contribution is -0.320. The number of carbonyl (C=O) groups is 2. The number of ether oxygens (including phenoxy) is 3. The fraction of sp³-hybridized carbons (Fsp3) is 0.862. The molecule has 6 aliphatic rings. The molecule has 0 aromatic rings. The smallest absolute Gasteiger partial charge is 0.331 e. The topological polar surface area (TPSA) is 183 Å². The SMILES string of the molecule is CC1OC(OC2CCC3(C=O)[C@H]4[C@H](O)CC5(C)C(C6=CC(=O)OC6)CCC5(O)[C@@H]4CCC3(O)C2)C(O)C(O)C1O. The Hall–Kier alpha value is -1.44. The molecule has 0 radical (unpaired) electrons. The van der Waals surface area contributed by atoms with Gasteiger partial charge in [-0.1, -0.05) is 6.92 Å². The van der Waals surface area contributed by atoms with E-state index in [1.807, 2.05) is 6.92 Å². The van der Waals surface area contributed by atoms with E-state index < -0.39 is 82.8 Å². The van der Waals surface area contributed by atoms with Gasteiger partial charge in [0, 0.05) is 23.8 Å². The van der Waals surface area contributed by atoms with Gasteiger partial charge in [-0.15, -0.1) is 0 Å². The van der Waals surface area contributed by atoms with Crippen LogP contribution >= 0.6 is 0 Å². The molecule has 0 spiro atoms. The van der Waals surface area contributed by atoms with Crippen molar-refractivity contribution in [2.75, 3.05) is 6.61 Å². The molecule has 4 saturated carbocycles. The van der Waals surface area contributed by atoms with Crippen molar-refractivity contribution in [1.29, 1.82) is 0 Å². The minimum absolute atomic E-state index is 0.0615. The summed E-state index contributed by atoms with van der Waals surface area (Å²) in [6.45, 7) is 3.72. The minimum atomic E-state index is -1.51. The van der Waals surface area contributed by atoms with Gasteiger partial charge in [0.1, 0.15) is 31.2 Å². The summed E-state index contributed by atoms with van der Waals surface area (Å²) in [4.78, 5) is 24.8. The van der Waals surface area contributed by atoms with Crippen molar-refractivity contribution in [2.45, 2.75) is 119 Å². The van der Waals surface area contributed by atoms with Crippen LogP contribution < -0.4 is 0 Å². The Morgan fingerprint density at radius 3 is 2.42 bits per heavy atom. The van der Waals surface area contributed by atoms with E-state index in [4.69, 9.17) is 14.2 Å². The van der Waals surface area contributed by atoms with Crippen LogP contribution in [0.3, 0.4) is 0 Å². The van der Waals surface area contributed by atoms with E-state index in [0.29, 0.717) is 25.7 Å². The maximum Gasteiger partial charge on any atom is 0.331 e. The molecule has 11 heteroatoms. The molecular formula is C29H42O11. The van der Waals surface area contributed by atoms with Crippen LogP contribution in [0.1, 0.15) is 65.2 Å². The summed E-state index contributed by atoms with van der Waals surface area (Å²) < 4.78 is 16.8. The number of rotatable bonds is 4. The molecule has 0 aromatic heterocycles. The molecule has 40 heavy (non-hydrogen) atoms. The average molecular weight is 567 g/mol. The van der Waals surface area contributed by atoms with Crippen LogP contribution in [-0.2, 0) is 23.8 Å². The standard InChI is InChI=1S/C29H42O11/c1-14-22(33)23(34)24(35)25(39-14)40-16-3-6-27(13-30)21-18(4-7-28(27,36)10-16)29(37)8-5-17(15-9-20(32)38-12-15)26(29,2)11-19(21)31/h9,13-14,16-19,21-25,31,33-37H,3-8,10-12H2,1-2H3/t14?,16?,17?,18-,19-,21-,22?,23?,24?,25?,26?,27?,28?,29?/m1/s1. The number of aliphatic hydroxyl groups excluding tert-OH is 4. The molecule has 6 rings (SSSR count). The predicted molar refractivity (Wildman–Crippen MR) is 136 cm³/mol. The van der Waals surface area contributed by atoms with Gasteiger partial charge >= 0.3 is 5.97 Å². The highest BCUT2D eigenvalue weighted by atomic mass is 16.7. The van der Waals surface area contributed by atoms with Crippen LogP contribution in [0.25, 0.3) is 0 Å². The van der Waals surface area contributed by atoms with Crippen molar-refractivity contribution in [2.24, 2.45) is 28.6 Å². The number of carbonyl (C=O) groups excluding carboxylic acids is 2. The second-order valence-corrected chi connectivity index (χ2v) is 13.6. The maximum absolute atomic E-state index is 13.0. The first-order valence-corrected chi connectivity index (χ1v) is 14.6. The number of cyclic esters (lactones) is 1. The summed E-state index contributed by atoms with van der Waals surface area (Å²) in [5.74, 6) is -1.61. The van der Waals surface area contributed by atoms with E-state index >= 15 is 0 Å². The fourth-order valence-electron chi connectivity index (χ4n) is 9.82. The molecule has 224 valence electrons. The first-order valence-electron chi connectivity index (χ1n) is 14.6. The van der Waals surface area contributed by atoms with Gasteiger partial charge in [0.05, 0.1) is 34.9 Å². The summed E-state index contributed by atoms with van der Waals surface area (Å²) >= 11 is 0. The van der Waals surface area contributed by atoms with Gasteiger partial charge in [-0.3, -0.25) is 0 Å². The lowest BCUT2D eigenvalue weighted by Crippen LogP contribution is -2.72. The molecule has 1 saturated heterocycles. The van der Waals surface area contributed by atoms with Gasteiger partial charge in [-0.2, -0.15) is 0 Å². The third kappa shape index (κ3) is 3.78.